The van der Waals surface area contributed by atoms with Crippen molar-refractivity contribution in [3.05, 3.63) is 9.98 Å². The average molecular weight is 332 g/mol. The molecule has 2 amide bonds. The summed E-state index contributed by atoms with van der Waals surface area (Å²) in [6.07, 6.45) is 3.28. The molecule has 0 aliphatic carbocycles. The monoisotopic (exact) mass is 331 g/mol. The molecule has 0 saturated carbocycles. The first-order chi connectivity index (χ1) is 8.50. The molecule has 1 aliphatic heterocycles. The number of carbonyl (C=O) groups excluding carboxylic acids is 2. The van der Waals surface area contributed by atoms with E-state index in [1.807, 2.05) is 0 Å². The summed E-state index contributed by atoms with van der Waals surface area (Å²) in [5.41, 5.74) is 0. The van der Waals surface area contributed by atoms with Gasteiger partial charge in [0.05, 0.1) is 9.98 Å². The maximum Gasteiger partial charge on any atom is 0.251 e. The van der Waals surface area contributed by atoms with E-state index in [0.29, 0.717) is 11.7 Å². The standard InChI is InChI=1S/C11H14BrN3O2S/c1-7(16)15-5-3-4-8(15)10(17)14(2)11-13-6-9(12)18-11/h6,8H,3-5H2,1-2H3/t8-/m1/s1. The zero-order valence-electron chi connectivity index (χ0n) is 10.2. The van der Waals surface area contributed by atoms with Crippen LogP contribution in [-0.4, -0.2) is 41.3 Å². The predicted molar refractivity (Wildman–Crippen MR) is 73.6 cm³/mol. The number of aromatic nitrogens is 1. The number of hydrogen-bond acceptors (Lipinski definition) is 4. The van der Waals surface area contributed by atoms with Crippen molar-refractivity contribution in [1.29, 1.82) is 0 Å². The average Bonchev–Trinajstić information content (AvgIpc) is 2.95. The first kappa shape index (κ1) is 13.5. The third-order valence-electron chi connectivity index (χ3n) is 3.03. The van der Waals surface area contributed by atoms with Gasteiger partial charge in [-0.05, 0) is 28.8 Å². The Hall–Kier alpha value is -0.950. The Morgan fingerprint density at radius 3 is 2.89 bits per heavy atom. The summed E-state index contributed by atoms with van der Waals surface area (Å²) in [6.45, 7) is 2.17. The van der Waals surface area contributed by atoms with Gasteiger partial charge in [0, 0.05) is 20.5 Å². The Morgan fingerprint density at radius 2 is 2.33 bits per heavy atom. The molecular formula is C11H14BrN3O2S. The molecule has 2 rings (SSSR count). The summed E-state index contributed by atoms with van der Waals surface area (Å²) in [7, 11) is 1.70. The van der Waals surface area contributed by atoms with E-state index in [-0.39, 0.29) is 17.9 Å². The van der Waals surface area contributed by atoms with Crippen LogP contribution >= 0.6 is 27.3 Å². The number of nitrogens with zero attached hydrogens (tertiary/aromatic N) is 3. The summed E-state index contributed by atoms with van der Waals surface area (Å²) in [4.78, 5) is 31.1. The SMILES string of the molecule is CC(=O)N1CCC[C@@H]1C(=O)N(C)c1ncc(Br)s1. The lowest BCUT2D eigenvalue weighted by molar-refractivity contribution is -0.135. The van der Waals surface area contributed by atoms with Crippen LogP contribution in [0.5, 0.6) is 0 Å². The fourth-order valence-corrected chi connectivity index (χ4v) is 3.27. The van der Waals surface area contributed by atoms with Gasteiger partial charge in [-0.2, -0.15) is 0 Å². The number of rotatable bonds is 2. The smallest absolute Gasteiger partial charge is 0.251 e. The molecular weight excluding hydrogens is 318 g/mol. The molecule has 98 valence electrons. The highest BCUT2D eigenvalue weighted by Gasteiger charge is 2.35. The van der Waals surface area contributed by atoms with Gasteiger partial charge in [0.15, 0.2) is 5.13 Å². The highest BCUT2D eigenvalue weighted by Crippen LogP contribution is 2.28. The highest BCUT2D eigenvalue weighted by molar-refractivity contribution is 9.11. The van der Waals surface area contributed by atoms with Crippen LogP contribution < -0.4 is 4.90 Å². The van der Waals surface area contributed by atoms with E-state index in [9.17, 15) is 9.59 Å². The van der Waals surface area contributed by atoms with Crippen LogP contribution in [0.15, 0.2) is 9.98 Å². The molecule has 5 nitrogen and oxygen atoms in total. The van der Waals surface area contributed by atoms with E-state index in [4.69, 9.17) is 0 Å². The van der Waals surface area contributed by atoms with Gasteiger partial charge in [-0.1, -0.05) is 11.3 Å². The first-order valence-corrected chi connectivity index (χ1v) is 7.27. The van der Waals surface area contributed by atoms with Crippen LogP contribution in [0.2, 0.25) is 0 Å². The fourth-order valence-electron chi connectivity index (χ4n) is 2.12. The molecule has 0 radical (unpaired) electrons. The predicted octanol–water partition coefficient (Wildman–Crippen LogP) is 1.88. The van der Waals surface area contributed by atoms with Crippen LogP contribution in [0.25, 0.3) is 0 Å². The van der Waals surface area contributed by atoms with Crippen LogP contribution in [0.3, 0.4) is 0 Å². The van der Waals surface area contributed by atoms with E-state index >= 15 is 0 Å². The van der Waals surface area contributed by atoms with E-state index in [1.165, 1.54) is 23.2 Å². The number of amides is 2. The van der Waals surface area contributed by atoms with Gasteiger partial charge in [-0.15, -0.1) is 0 Å². The number of thiazole rings is 1. The van der Waals surface area contributed by atoms with Gasteiger partial charge < -0.3 is 4.90 Å². The topological polar surface area (TPSA) is 53.5 Å². The zero-order valence-corrected chi connectivity index (χ0v) is 12.6. The summed E-state index contributed by atoms with van der Waals surface area (Å²) in [5, 5.41) is 0.641. The van der Waals surface area contributed by atoms with Gasteiger partial charge in [0.25, 0.3) is 5.91 Å². The lowest BCUT2D eigenvalue weighted by Crippen LogP contribution is -2.46. The summed E-state index contributed by atoms with van der Waals surface area (Å²) < 4.78 is 0.881. The van der Waals surface area contributed by atoms with Crippen LogP contribution in [0, 0.1) is 0 Å². The van der Waals surface area contributed by atoms with Crippen molar-refractivity contribution in [1.82, 2.24) is 9.88 Å². The third kappa shape index (κ3) is 2.56. The van der Waals surface area contributed by atoms with E-state index in [2.05, 4.69) is 20.9 Å². The highest BCUT2D eigenvalue weighted by atomic mass is 79.9. The number of likely N-dealkylation sites (tertiary alicyclic amines) is 1. The largest absolute Gasteiger partial charge is 0.331 e. The lowest BCUT2D eigenvalue weighted by atomic mass is 10.2. The van der Waals surface area contributed by atoms with Gasteiger partial charge in [0.1, 0.15) is 6.04 Å². The van der Waals surface area contributed by atoms with E-state index in [1.54, 1.807) is 18.1 Å². The van der Waals surface area contributed by atoms with Crippen molar-refractivity contribution in [2.75, 3.05) is 18.5 Å². The molecule has 1 aromatic rings. The number of halogens is 1. The molecule has 0 aromatic carbocycles. The lowest BCUT2D eigenvalue weighted by Gasteiger charge is -2.25. The van der Waals surface area contributed by atoms with Crippen molar-refractivity contribution in [3.8, 4) is 0 Å². The minimum Gasteiger partial charge on any atom is -0.331 e. The molecule has 7 heteroatoms. The van der Waals surface area contributed by atoms with Crippen molar-refractivity contribution in [3.63, 3.8) is 0 Å². The molecule has 18 heavy (non-hydrogen) atoms. The maximum atomic E-state index is 12.4. The van der Waals surface area contributed by atoms with Crippen molar-refractivity contribution >= 4 is 44.2 Å². The molecule has 1 aliphatic rings. The van der Waals surface area contributed by atoms with Crippen LogP contribution in [0.4, 0.5) is 5.13 Å². The Bertz CT molecular complexity index is 477. The Balaban J connectivity index is 2.13. The minimum absolute atomic E-state index is 0.0421. The third-order valence-corrected chi connectivity index (χ3v) is 4.58. The molecule has 1 aromatic heterocycles. The Morgan fingerprint density at radius 1 is 1.61 bits per heavy atom. The molecule has 0 unspecified atom stereocenters. The summed E-state index contributed by atoms with van der Waals surface area (Å²) in [6, 6.07) is -0.338. The first-order valence-electron chi connectivity index (χ1n) is 5.67. The number of carbonyl (C=O) groups is 2. The molecule has 1 saturated heterocycles. The summed E-state index contributed by atoms with van der Waals surface area (Å²) >= 11 is 4.72. The van der Waals surface area contributed by atoms with E-state index in [0.717, 1.165) is 16.6 Å². The Labute approximate surface area is 118 Å². The molecule has 0 N–H and O–H groups in total. The van der Waals surface area contributed by atoms with Gasteiger partial charge in [-0.3, -0.25) is 14.5 Å². The summed E-state index contributed by atoms with van der Waals surface area (Å²) in [5.74, 6) is -0.107. The van der Waals surface area contributed by atoms with E-state index < -0.39 is 0 Å². The molecule has 0 bridgehead atoms. The molecule has 1 atom stereocenters. The molecule has 2 heterocycles. The number of likely N-dealkylation sites (N-methyl/N-ethyl adjacent to an activating group) is 1. The minimum atomic E-state index is -0.338. The van der Waals surface area contributed by atoms with Crippen molar-refractivity contribution < 1.29 is 9.59 Å². The number of hydrogen-bond donors (Lipinski definition) is 0. The van der Waals surface area contributed by atoms with Crippen molar-refractivity contribution in [2.24, 2.45) is 0 Å². The fraction of sp³-hybridized carbons (Fsp3) is 0.545. The normalized spacial score (nSPS) is 19.1. The molecule has 0 spiro atoms. The van der Waals surface area contributed by atoms with Gasteiger partial charge in [0.2, 0.25) is 5.91 Å². The second kappa shape index (κ2) is 5.36. The molecule has 1 fully saturated rings. The zero-order chi connectivity index (χ0) is 13.3. The number of anilines is 1. The van der Waals surface area contributed by atoms with Crippen LogP contribution in [0.1, 0.15) is 19.8 Å². The van der Waals surface area contributed by atoms with Gasteiger partial charge in [-0.25, -0.2) is 4.98 Å². The quantitative estimate of drug-likeness (QED) is 0.831. The maximum absolute atomic E-state index is 12.4. The Kier molecular flexibility index (Phi) is 4.01. The second-order valence-electron chi connectivity index (χ2n) is 4.21. The van der Waals surface area contributed by atoms with Crippen molar-refractivity contribution in [2.45, 2.75) is 25.8 Å². The second-order valence-corrected chi connectivity index (χ2v) is 6.60. The van der Waals surface area contributed by atoms with Crippen LogP contribution in [-0.2, 0) is 9.59 Å². The van der Waals surface area contributed by atoms with Gasteiger partial charge >= 0.3 is 0 Å².